The van der Waals surface area contributed by atoms with Crippen molar-refractivity contribution in [3.05, 3.63) is 0 Å². The highest BCUT2D eigenvalue weighted by Gasteiger charge is 2.32. The molecule has 21 heavy (non-hydrogen) atoms. The lowest BCUT2D eigenvalue weighted by Crippen LogP contribution is -2.48. The predicted molar refractivity (Wildman–Crippen MR) is 89.8 cm³/mol. The standard InChI is InChI=1S/C14H29N3O2S2/c1-3-20-14-5-4-13(10-14)16-21(18,19)17-8-6-12(7-9-17)11-15-2/h12-16H,3-11H2,1-2H3. The predicted octanol–water partition coefficient (Wildman–Crippen LogP) is 1.43. The van der Waals surface area contributed by atoms with Crippen LogP contribution in [0.25, 0.3) is 0 Å². The first-order chi connectivity index (χ1) is 10.0. The molecular formula is C14H29N3O2S2. The first-order valence-electron chi connectivity index (χ1n) is 8.08. The molecule has 0 bridgehead atoms. The maximum absolute atomic E-state index is 12.5. The molecule has 0 aromatic carbocycles. The van der Waals surface area contributed by atoms with E-state index < -0.39 is 10.2 Å². The van der Waals surface area contributed by atoms with E-state index in [4.69, 9.17) is 0 Å². The Morgan fingerprint density at radius 2 is 1.90 bits per heavy atom. The highest BCUT2D eigenvalue weighted by Crippen LogP contribution is 2.30. The van der Waals surface area contributed by atoms with Gasteiger partial charge >= 0.3 is 0 Å². The van der Waals surface area contributed by atoms with E-state index in [9.17, 15) is 8.42 Å². The number of nitrogens with zero attached hydrogens (tertiary/aromatic N) is 1. The van der Waals surface area contributed by atoms with Crippen LogP contribution in [0.2, 0.25) is 0 Å². The Bertz CT molecular complexity index is 408. The summed E-state index contributed by atoms with van der Waals surface area (Å²) in [6.45, 7) is 4.46. The van der Waals surface area contributed by atoms with Crippen LogP contribution >= 0.6 is 11.8 Å². The van der Waals surface area contributed by atoms with Gasteiger partial charge in [-0.3, -0.25) is 0 Å². The van der Waals surface area contributed by atoms with Crippen LogP contribution in [0, 0.1) is 5.92 Å². The Hall–Kier alpha value is 0.180. The zero-order valence-corrected chi connectivity index (χ0v) is 14.8. The van der Waals surface area contributed by atoms with Gasteiger partial charge in [-0.25, -0.2) is 0 Å². The van der Waals surface area contributed by atoms with Gasteiger partial charge in [-0.15, -0.1) is 0 Å². The molecule has 0 spiro atoms. The quantitative estimate of drug-likeness (QED) is 0.739. The van der Waals surface area contributed by atoms with E-state index in [1.54, 1.807) is 4.31 Å². The highest BCUT2D eigenvalue weighted by molar-refractivity contribution is 7.99. The maximum atomic E-state index is 12.5. The fraction of sp³-hybridized carbons (Fsp3) is 1.00. The number of hydrogen-bond acceptors (Lipinski definition) is 4. The molecule has 0 amide bonds. The molecular weight excluding hydrogens is 306 g/mol. The third-order valence-corrected chi connectivity index (χ3v) is 7.42. The van der Waals surface area contributed by atoms with Gasteiger partial charge in [0.05, 0.1) is 0 Å². The normalized spacial score (nSPS) is 29.0. The van der Waals surface area contributed by atoms with Crippen LogP contribution in [-0.4, -0.2) is 56.4 Å². The van der Waals surface area contributed by atoms with Crippen molar-refractivity contribution in [1.29, 1.82) is 0 Å². The van der Waals surface area contributed by atoms with Gasteiger partial charge in [0, 0.05) is 24.4 Å². The molecule has 0 radical (unpaired) electrons. The molecule has 0 aromatic rings. The van der Waals surface area contributed by atoms with Crippen LogP contribution in [0.15, 0.2) is 0 Å². The van der Waals surface area contributed by atoms with E-state index in [-0.39, 0.29) is 6.04 Å². The molecule has 1 aliphatic carbocycles. The summed E-state index contributed by atoms with van der Waals surface area (Å²) in [7, 11) is -1.34. The van der Waals surface area contributed by atoms with Gasteiger partial charge < -0.3 is 5.32 Å². The monoisotopic (exact) mass is 335 g/mol. The Morgan fingerprint density at radius 1 is 1.19 bits per heavy atom. The van der Waals surface area contributed by atoms with E-state index in [0.29, 0.717) is 24.3 Å². The molecule has 1 aliphatic heterocycles. The average molecular weight is 336 g/mol. The average Bonchev–Trinajstić information content (AvgIpc) is 2.87. The Balaban J connectivity index is 1.80. The molecule has 0 aromatic heterocycles. The molecule has 2 atom stereocenters. The van der Waals surface area contributed by atoms with Crippen molar-refractivity contribution in [2.24, 2.45) is 5.92 Å². The summed E-state index contributed by atoms with van der Waals surface area (Å²) in [6, 6.07) is 0.133. The summed E-state index contributed by atoms with van der Waals surface area (Å²) in [5.74, 6) is 1.72. The van der Waals surface area contributed by atoms with E-state index in [0.717, 1.165) is 44.4 Å². The van der Waals surface area contributed by atoms with Crippen molar-refractivity contribution < 1.29 is 8.42 Å². The fourth-order valence-corrected chi connectivity index (χ4v) is 5.98. The maximum Gasteiger partial charge on any atom is 0.279 e. The second kappa shape index (κ2) is 8.15. The SMILES string of the molecule is CCSC1CCC(NS(=O)(=O)N2CCC(CNC)CC2)C1. The molecule has 2 aliphatic rings. The summed E-state index contributed by atoms with van der Waals surface area (Å²) < 4.78 is 29.5. The fourth-order valence-electron chi connectivity index (χ4n) is 3.36. The van der Waals surface area contributed by atoms with E-state index >= 15 is 0 Å². The van der Waals surface area contributed by atoms with Crippen LogP contribution in [0.3, 0.4) is 0 Å². The minimum absolute atomic E-state index is 0.133. The van der Waals surface area contributed by atoms with Crippen molar-refractivity contribution in [1.82, 2.24) is 14.3 Å². The molecule has 1 saturated carbocycles. The minimum Gasteiger partial charge on any atom is -0.319 e. The zero-order valence-electron chi connectivity index (χ0n) is 13.2. The van der Waals surface area contributed by atoms with Gasteiger partial charge in [0.15, 0.2) is 0 Å². The minimum atomic E-state index is -3.29. The van der Waals surface area contributed by atoms with Crippen molar-refractivity contribution >= 4 is 22.0 Å². The van der Waals surface area contributed by atoms with Crippen LogP contribution in [0.4, 0.5) is 0 Å². The van der Waals surface area contributed by atoms with Crippen molar-refractivity contribution in [2.45, 2.75) is 50.3 Å². The molecule has 2 rings (SSSR count). The molecule has 124 valence electrons. The van der Waals surface area contributed by atoms with Gasteiger partial charge in [-0.05, 0) is 57.4 Å². The van der Waals surface area contributed by atoms with Gasteiger partial charge in [0.1, 0.15) is 0 Å². The van der Waals surface area contributed by atoms with E-state index in [2.05, 4.69) is 17.0 Å². The number of piperidine rings is 1. The lowest BCUT2D eigenvalue weighted by atomic mass is 9.98. The van der Waals surface area contributed by atoms with Crippen molar-refractivity contribution in [3.8, 4) is 0 Å². The summed E-state index contributed by atoms with van der Waals surface area (Å²) in [6.07, 6.45) is 5.01. The van der Waals surface area contributed by atoms with Crippen LogP contribution in [0.1, 0.15) is 39.0 Å². The second-order valence-electron chi connectivity index (χ2n) is 6.11. The van der Waals surface area contributed by atoms with Crippen molar-refractivity contribution in [3.63, 3.8) is 0 Å². The summed E-state index contributed by atoms with van der Waals surface area (Å²) in [5.41, 5.74) is 0. The first-order valence-corrected chi connectivity index (χ1v) is 10.6. The number of thioether (sulfide) groups is 1. The molecule has 5 nitrogen and oxygen atoms in total. The van der Waals surface area contributed by atoms with Crippen LogP contribution in [-0.2, 0) is 10.2 Å². The molecule has 2 unspecified atom stereocenters. The van der Waals surface area contributed by atoms with Crippen LogP contribution < -0.4 is 10.0 Å². The summed E-state index contributed by atoms with van der Waals surface area (Å²) in [5, 5.41) is 3.81. The first kappa shape index (κ1) is 17.5. The third kappa shape index (κ3) is 5.10. The molecule has 1 saturated heterocycles. The highest BCUT2D eigenvalue weighted by atomic mass is 32.2. The molecule has 1 heterocycles. The largest absolute Gasteiger partial charge is 0.319 e. The molecule has 2 N–H and O–H groups in total. The van der Waals surface area contributed by atoms with E-state index in [1.807, 2.05) is 18.8 Å². The summed E-state index contributed by atoms with van der Waals surface area (Å²) >= 11 is 1.95. The Kier molecular flexibility index (Phi) is 6.80. The lowest BCUT2D eigenvalue weighted by Gasteiger charge is -2.32. The Morgan fingerprint density at radius 3 is 2.52 bits per heavy atom. The summed E-state index contributed by atoms with van der Waals surface area (Å²) in [4.78, 5) is 0. The Labute approximate surface area is 133 Å². The van der Waals surface area contributed by atoms with Gasteiger partial charge in [0.2, 0.25) is 0 Å². The number of hydrogen-bond donors (Lipinski definition) is 2. The van der Waals surface area contributed by atoms with Gasteiger partial charge in [-0.1, -0.05) is 6.92 Å². The van der Waals surface area contributed by atoms with Gasteiger partial charge in [-0.2, -0.15) is 29.2 Å². The molecule has 2 fully saturated rings. The third-order valence-electron chi connectivity index (χ3n) is 4.51. The lowest BCUT2D eigenvalue weighted by molar-refractivity contribution is 0.267. The van der Waals surface area contributed by atoms with Crippen LogP contribution in [0.5, 0.6) is 0 Å². The smallest absolute Gasteiger partial charge is 0.279 e. The van der Waals surface area contributed by atoms with E-state index in [1.165, 1.54) is 0 Å². The van der Waals surface area contributed by atoms with Crippen molar-refractivity contribution in [2.75, 3.05) is 32.4 Å². The zero-order chi connectivity index (χ0) is 15.3. The topological polar surface area (TPSA) is 61.4 Å². The van der Waals surface area contributed by atoms with Gasteiger partial charge in [0.25, 0.3) is 10.2 Å². The second-order valence-corrected chi connectivity index (χ2v) is 9.39. The molecule has 7 heteroatoms. The number of rotatable bonds is 7. The number of nitrogens with one attached hydrogen (secondary N) is 2.